The Balaban J connectivity index is 3.36. The maximum absolute atomic E-state index is 12.6. The second-order valence-electron chi connectivity index (χ2n) is 3.92. The van der Waals surface area contributed by atoms with Crippen molar-refractivity contribution in [2.45, 2.75) is 13.1 Å². The van der Waals surface area contributed by atoms with Gasteiger partial charge in [0, 0.05) is 17.8 Å². The van der Waals surface area contributed by atoms with E-state index in [0.717, 1.165) is 6.08 Å². The molecule has 0 aromatic heterocycles. The molecule has 0 saturated carbocycles. The zero-order chi connectivity index (χ0) is 16.4. The van der Waals surface area contributed by atoms with E-state index in [1.165, 1.54) is 6.92 Å². The molecule has 0 bridgehead atoms. The number of alkyl halides is 3. The SMILES string of the molecule is C/C(N)=C/C(=N)Oc1c(Cl)cc(C(F)(F)F)cc1[N+](=O)[O-]. The van der Waals surface area contributed by atoms with Crippen LogP contribution in [0.25, 0.3) is 0 Å². The van der Waals surface area contributed by atoms with Crippen molar-refractivity contribution in [3.8, 4) is 5.75 Å². The Labute approximate surface area is 121 Å². The van der Waals surface area contributed by atoms with Crippen LogP contribution in [-0.2, 0) is 6.18 Å². The van der Waals surface area contributed by atoms with Crippen molar-refractivity contribution in [1.29, 1.82) is 5.41 Å². The number of allylic oxidation sites excluding steroid dienone is 1. The molecule has 0 spiro atoms. The molecule has 10 heteroatoms. The molecule has 21 heavy (non-hydrogen) atoms. The van der Waals surface area contributed by atoms with E-state index < -0.39 is 39.0 Å². The first-order valence-corrected chi connectivity index (χ1v) is 5.65. The maximum atomic E-state index is 12.6. The first kappa shape index (κ1) is 16.8. The topological polar surface area (TPSA) is 102 Å². The van der Waals surface area contributed by atoms with Crippen molar-refractivity contribution in [3.05, 3.63) is 44.6 Å². The third-order valence-corrected chi connectivity index (χ3v) is 2.40. The Hall–Kier alpha value is -2.29. The molecule has 114 valence electrons. The third kappa shape index (κ3) is 4.35. The van der Waals surface area contributed by atoms with Crippen LogP contribution in [0.3, 0.4) is 0 Å². The minimum absolute atomic E-state index is 0.172. The molecule has 0 atom stereocenters. The van der Waals surface area contributed by atoms with Crippen molar-refractivity contribution >= 4 is 23.2 Å². The highest BCUT2D eigenvalue weighted by Gasteiger charge is 2.35. The summed E-state index contributed by atoms with van der Waals surface area (Å²) < 4.78 is 42.6. The molecule has 0 amide bonds. The number of nitro groups is 1. The van der Waals surface area contributed by atoms with E-state index in [-0.39, 0.29) is 11.8 Å². The predicted molar refractivity (Wildman–Crippen MR) is 69.4 cm³/mol. The highest BCUT2D eigenvalue weighted by Crippen LogP contribution is 2.41. The van der Waals surface area contributed by atoms with Gasteiger partial charge in [0.05, 0.1) is 15.5 Å². The smallest absolute Gasteiger partial charge is 0.416 e. The number of nitrogens with zero attached hydrogens (tertiary/aromatic N) is 1. The molecule has 0 aliphatic rings. The van der Waals surface area contributed by atoms with E-state index in [1.807, 2.05) is 0 Å². The Bertz CT molecular complexity index is 625. The quantitative estimate of drug-likeness (QED) is 0.384. The monoisotopic (exact) mass is 323 g/mol. The molecule has 6 nitrogen and oxygen atoms in total. The van der Waals surface area contributed by atoms with Gasteiger partial charge in [-0.25, -0.2) is 0 Å². The van der Waals surface area contributed by atoms with Gasteiger partial charge in [-0.3, -0.25) is 15.5 Å². The summed E-state index contributed by atoms with van der Waals surface area (Å²) in [6.45, 7) is 1.43. The Morgan fingerprint density at radius 2 is 2.10 bits per heavy atom. The zero-order valence-electron chi connectivity index (χ0n) is 10.5. The lowest BCUT2D eigenvalue weighted by Gasteiger charge is -2.11. The number of ether oxygens (including phenoxy) is 1. The molecule has 0 heterocycles. The Kier molecular flexibility index (Phi) is 4.79. The average molecular weight is 324 g/mol. The molecule has 0 aliphatic carbocycles. The number of nitro benzene ring substituents is 1. The highest BCUT2D eigenvalue weighted by molar-refractivity contribution is 6.32. The molecule has 0 fully saturated rings. The number of nitrogens with one attached hydrogen (secondary N) is 1. The van der Waals surface area contributed by atoms with Gasteiger partial charge in [-0.2, -0.15) is 13.2 Å². The van der Waals surface area contributed by atoms with E-state index in [9.17, 15) is 23.3 Å². The van der Waals surface area contributed by atoms with Crippen LogP contribution < -0.4 is 10.5 Å². The van der Waals surface area contributed by atoms with Crippen LogP contribution in [0.5, 0.6) is 5.75 Å². The lowest BCUT2D eigenvalue weighted by Crippen LogP contribution is -2.10. The van der Waals surface area contributed by atoms with E-state index >= 15 is 0 Å². The van der Waals surface area contributed by atoms with Crippen LogP contribution >= 0.6 is 11.6 Å². The minimum Gasteiger partial charge on any atom is -0.431 e. The van der Waals surface area contributed by atoms with Crippen molar-refractivity contribution in [2.24, 2.45) is 5.73 Å². The maximum Gasteiger partial charge on any atom is 0.416 e. The number of hydrogen-bond acceptors (Lipinski definition) is 5. The molecule has 0 unspecified atom stereocenters. The first-order valence-electron chi connectivity index (χ1n) is 5.27. The fraction of sp³-hybridized carbons (Fsp3) is 0.182. The minimum atomic E-state index is -4.80. The van der Waals surface area contributed by atoms with Gasteiger partial charge in [0.25, 0.3) is 0 Å². The molecule has 1 aromatic rings. The molecule has 1 aromatic carbocycles. The molecular weight excluding hydrogens is 315 g/mol. The van der Waals surface area contributed by atoms with Crippen LogP contribution in [0, 0.1) is 15.5 Å². The Morgan fingerprint density at radius 1 is 1.52 bits per heavy atom. The van der Waals surface area contributed by atoms with Gasteiger partial charge in [-0.05, 0) is 13.0 Å². The van der Waals surface area contributed by atoms with Gasteiger partial charge >= 0.3 is 11.9 Å². The standard InChI is InChI=1S/C11H9ClF3N3O3/c1-5(16)2-9(17)21-10-7(12)3-6(11(13,14)15)4-8(10)18(19)20/h2-4,17H,16H2,1H3/b5-2-,17-9?. The van der Waals surface area contributed by atoms with E-state index in [0.29, 0.717) is 6.07 Å². The highest BCUT2D eigenvalue weighted by atomic mass is 35.5. The predicted octanol–water partition coefficient (Wildman–Crippen LogP) is 3.49. The third-order valence-electron chi connectivity index (χ3n) is 2.12. The lowest BCUT2D eigenvalue weighted by molar-refractivity contribution is -0.385. The summed E-state index contributed by atoms with van der Waals surface area (Å²) in [5.74, 6) is -1.25. The lowest BCUT2D eigenvalue weighted by atomic mass is 10.2. The van der Waals surface area contributed by atoms with Crippen LogP contribution in [-0.4, -0.2) is 10.8 Å². The number of benzene rings is 1. The number of hydrogen-bond donors (Lipinski definition) is 2. The summed E-state index contributed by atoms with van der Waals surface area (Å²) in [5, 5.41) is 17.6. The molecular formula is C11H9ClF3N3O3. The second-order valence-corrected chi connectivity index (χ2v) is 4.32. The van der Waals surface area contributed by atoms with Gasteiger partial charge in [0.2, 0.25) is 11.6 Å². The van der Waals surface area contributed by atoms with Crippen molar-refractivity contribution < 1.29 is 22.8 Å². The summed E-state index contributed by atoms with van der Waals surface area (Å²) in [4.78, 5) is 9.77. The summed E-state index contributed by atoms with van der Waals surface area (Å²) in [5.41, 5.74) is 3.17. The van der Waals surface area contributed by atoms with Gasteiger partial charge in [0.1, 0.15) is 0 Å². The van der Waals surface area contributed by atoms with Crippen molar-refractivity contribution in [1.82, 2.24) is 0 Å². The van der Waals surface area contributed by atoms with Crippen LogP contribution in [0.4, 0.5) is 18.9 Å². The van der Waals surface area contributed by atoms with Gasteiger partial charge in [0.15, 0.2) is 0 Å². The fourth-order valence-electron chi connectivity index (χ4n) is 1.33. The van der Waals surface area contributed by atoms with Gasteiger partial charge in [-0.1, -0.05) is 11.6 Å². The molecule has 0 aliphatic heterocycles. The summed E-state index contributed by atoms with van der Waals surface area (Å²) in [7, 11) is 0. The van der Waals surface area contributed by atoms with E-state index in [2.05, 4.69) is 0 Å². The zero-order valence-corrected chi connectivity index (χ0v) is 11.2. The normalized spacial score (nSPS) is 12.1. The van der Waals surface area contributed by atoms with Gasteiger partial charge < -0.3 is 10.5 Å². The number of halogens is 4. The second kappa shape index (κ2) is 6.00. The van der Waals surface area contributed by atoms with Crippen molar-refractivity contribution in [2.75, 3.05) is 0 Å². The molecule has 3 N–H and O–H groups in total. The molecule has 1 rings (SSSR count). The van der Waals surface area contributed by atoms with Crippen LogP contribution in [0.1, 0.15) is 12.5 Å². The molecule has 0 radical (unpaired) electrons. The molecule has 0 saturated heterocycles. The van der Waals surface area contributed by atoms with E-state index in [1.54, 1.807) is 0 Å². The summed E-state index contributed by atoms with van der Waals surface area (Å²) in [6.07, 6.45) is -3.77. The summed E-state index contributed by atoms with van der Waals surface area (Å²) in [6, 6.07) is 0.768. The van der Waals surface area contributed by atoms with E-state index in [4.69, 9.17) is 27.5 Å². The number of rotatable bonds is 3. The first-order chi connectivity index (χ1) is 9.52. The largest absolute Gasteiger partial charge is 0.431 e. The summed E-state index contributed by atoms with van der Waals surface area (Å²) >= 11 is 5.59. The number of nitrogens with two attached hydrogens (primary N) is 1. The van der Waals surface area contributed by atoms with Crippen molar-refractivity contribution in [3.63, 3.8) is 0 Å². The average Bonchev–Trinajstić information content (AvgIpc) is 2.28. The van der Waals surface area contributed by atoms with Gasteiger partial charge in [-0.15, -0.1) is 0 Å². The fourth-order valence-corrected chi connectivity index (χ4v) is 1.58. The Morgan fingerprint density at radius 3 is 2.52 bits per heavy atom. The van der Waals surface area contributed by atoms with Crippen LogP contribution in [0.2, 0.25) is 5.02 Å². The van der Waals surface area contributed by atoms with Crippen LogP contribution in [0.15, 0.2) is 23.9 Å².